The van der Waals surface area contributed by atoms with Gasteiger partial charge in [-0.25, -0.2) is 4.98 Å². The van der Waals surface area contributed by atoms with Crippen molar-refractivity contribution >= 4 is 23.8 Å². The second-order valence-corrected chi connectivity index (χ2v) is 8.43. The molecule has 2 aromatic heterocycles. The fourth-order valence-corrected chi connectivity index (χ4v) is 4.39. The first-order valence-electron chi connectivity index (χ1n) is 11.0. The summed E-state index contributed by atoms with van der Waals surface area (Å²) in [4.78, 5) is 23.6. The average molecular weight is 451 g/mol. The molecule has 0 amide bonds. The number of carbonyl (C=O) groups excluding carboxylic acids is 1. The summed E-state index contributed by atoms with van der Waals surface area (Å²) in [5, 5.41) is 0.711. The highest BCUT2D eigenvalue weighted by atomic mass is 35.5. The Balaban J connectivity index is 0.000000567. The van der Waals surface area contributed by atoms with Gasteiger partial charge in [-0.3, -0.25) is 19.3 Å². The van der Waals surface area contributed by atoms with Crippen molar-refractivity contribution in [1.82, 2.24) is 14.5 Å². The van der Waals surface area contributed by atoms with Gasteiger partial charge in [0.2, 0.25) is 0 Å². The van der Waals surface area contributed by atoms with Crippen molar-refractivity contribution in [3.05, 3.63) is 76.6 Å². The standard InChI is InChI=1S/C23H23ClN4.C2H4O2/c1-2-6-19-23-26-14-21(15-7-5-8-15)28(23)20-11-10-16(24)13-17(20)22(27-19)18-9-3-4-12-25-18;1-4-2-3/h3-4,9-15,19H,2,5-8H2,1H3;2H,1H3/t19-;/m0./s1. The summed E-state index contributed by atoms with van der Waals surface area (Å²) in [6, 6.07) is 12.1. The second-order valence-electron chi connectivity index (χ2n) is 8.00. The Morgan fingerprint density at radius 3 is 2.66 bits per heavy atom. The van der Waals surface area contributed by atoms with Crippen LogP contribution in [0.3, 0.4) is 0 Å². The third-order valence-corrected chi connectivity index (χ3v) is 6.18. The third-order valence-electron chi connectivity index (χ3n) is 5.94. The number of aromatic nitrogens is 3. The van der Waals surface area contributed by atoms with Crippen molar-refractivity contribution < 1.29 is 9.53 Å². The van der Waals surface area contributed by atoms with E-state index in [1.54, 1.807) is 0 Å². The summed E-state index contributed by atoms with van der Waals surface area (Å²) in [5.74, 6) is 1.63. The molecular formula is C25H27ClN4O2. The molecule has 0 unspecified atom stereocenters. The van der Waals surface area contributed by atoms with Crippen LogP contribution in [-0.2, 0) is 9.53 Å². The van der Waals surface area contributed by atoms with Crippen LogP contribution in [0.25, 0.3) is 5.69 Å². The van der Waals surface area contributed by atoms with Crippen molar-refractivity contribution in [3.8, 4) is 5.69 Å². The van der Waals surface area contributed by atoms with Crippen molar-refractivity contribution in [2.45, 2.75) is 51.0 Å². The molecule has 1 saturated carbocycles. The van der Waals surface area contributed by atoms with Gasteiger partial charge < -0.3 is 4.74 Å². The number of ether oxygens (including phenoxy) is 1. The molecule has 1 aliphatic heterocycles. The number of imidazole rings is 1. The molecule has 0 spiro atoms. The van der Waals surface area contributed by atoms with E-state index in [1.165, 1.54) is 32.1 Å². The van der Waals surface area contributed by atoms with E-state index >= 15 is 0 Å². The van der Waals surface area contributed by atoms with Gasteiger partial charge in [-0.15, -0.1) is 0 Å². The minimum Gasteiger partial charge on any atom is -0.471 e. The highest BCUT2D eigenvalue weighted by molar-refractivity contribution is 6.31. The van der Waals surface area contributed by atoms with Crippen molar-refractivity contribution in [2.24, 2.45) is 4.99 Å². The minimum atomic E-state index is 0.0157. The molecule has 7 heteroatoms. The van der Waals surface area contributed by atoms with Gasteiger partial charge in [0.25, 0.3) is 6.47 Å². The van der Waals surface area contributed by atoms with Gasteiger partial charge in [-0.1, -0.05) is 37.4 Å². The minimum absolute atomic E-state index is 0.0157. The van der Waals surface area contributed by atoms with E-state index in [-0.39, 0.29) is 6.04 Å². The van der Waals surface area contributed by atoms with E-state index in [0.717, 1.165) is 41.3 Å². The normalized spacial score (nSPS) is 17.0. The largest absolute Gasteiger partial charge is 0.471 e. The Morgan fingerprint density at radius 2 is 2.03 bits per heavy atom. The molecule has 1 fully saturated rings. The number of hydrogen-bond acceptors (Lipinski definition) is 5. The quantitative estimate of drug-likeness (QED) is 0.469. The van der Waals surface area contributed by atoms with Gasteiger partial charge in [0.1, 0.15) is 11.9 Å². The molecule has 6 nitrogen and oxygen atoms in total. The van der Waals surface area contributed by atoms with Gasteiger partial charge >= 0.3 is 0 Å². The molecular weight excluding hydrogens is 424 g/mol. The maximum absolute atomic E-state index is 8.95. The molecule has 32 heavy (non-hydrogen) atoms. The second kappa shape index (κ2) is 10.1. The summed E-state index contributed by atoms with van der Waals surface area (Å²) >= 11 is 6.42. The number of methoxy groups -OCH3 is 1. The smallest absolute Gasteiger partial charge is 0.292 e. The number of carbonyl (C=O) groups is 1. The van der Waals surface area contributed by atoms with E-state index < -0.39 is 0 Å². The summed E-state index contributed by atoms with van der Waals surface area (Å²) in [6.45, 7) is 2.57. The van der Waals surface area contributed by atoms with Crippen LogP contribution in [-0.4, -0.2) is 33.8 Å². The summed E-state index contributed by atoms with van der Waals surface area (Å²) in [6.07, 6.45) is 9.67. The number of halogens is 1. The zero-order chi connectivity index (χ0) is 22.5. The van der Waals surface area contributed by atoms with Crippen LogP contribution in [0.15, 0.2) is 53.8 Å². The van der Waals surface area contributed by atoms with Crippen LogP contribution in [0, 0.1) is 0 Å². The topological polar surface area (TPSA) is 69.4 Å². The van der Waals surface area contributed by atoms with Crippen LogP contribution in [0.2, 0.25) is 5.02 Å². The first-order valence-corrected chi connectivity index (χ1v) is 11.4. The first-order chi connectivity index (χ1) is 15.7. The molecule has 0 saturated heterocycles. The zero-order valence-corrected chi connectivity index (χ0v) is 19.1. The average Bonchev–Trinajstić information content (AvgIpc) is 3.14. The molecule has 0 radical (unpaired) electrons. The maximum atomic E-state index is 8.95. The lowest BCUT2D eigenvalue weighted by molar-refractivity contribution is -0.126. The van der Waals surface area contributed by atoms with Crippen LogP contribution in [0.5, 0.6) is 0 Å². The van der Waals surface area contributed by atoms with Gasteiger partial charge in [0.05, 0.1) is 24.2 Å². The molecule has 3 heterocycles. The summed E-state index contributed by atoms with van der Waals surface area (Å²) < 4.78 is 6.22. The van der Waals surface area contributed by atoms with Crippen molar-refractivity contribution in [3.63, 3.8) is 0 Å². The Labute approximate surface area is 193 Å². The molecule has 5 rings (SSSR count). The monoisotopic (exact) mass is 450 g/mol. The highest BCUT2D eigenvalue weighted by Crippen LogP contribution is 2.41. The van der Waals surface area contributed by atoms with Crippen LogP contribution in [0.1, 0.15) is 73.8 Å². The van der Waals surface area contributed by atoms with Gasteiger partial charge in [-0.2, -0.15) is 0 Å². The van der Waals surface area contributed by atoms with Gasteiger partial charge in [0, 0.05) is 34.6 Å². The molecule has 3 aromatic rings. The molecule has 1 atom stereocenters. The van der Waals surface area contributed by atoms with Gasteiger partial charge in [0.15, 0.2) is 0 Å². The molecule has 1 aromatic carbocycles. The number of fused-ring (bicyclic) bond motifs is 3. The number of benzene rings is 1. The number of aliphatic imine (C=N–C) groups is 1. The number of hydrogen-bond donors (Lipinski definition) is 0. The fraction of sp³-hybridized carbons (Fsp3) is 0.360. The predicted octanol–water partition coefficient (Wildman–Crippen LogP) is 5.67. The zero-order valence-electron chi connectivity index (χ0n) is 18.4. The van der Waals surface area contributed by atoms with Crippen LogP contribution < -0.4 is 0 Å². The molecule has 2 aliphatic rings. The predicted molar refractivity (Wildman–Crippen MR) is 126 cm³/mol. The van der Waals surface area contributed by atoms with Crippen molar-refractivity contribution in [1.29, 1.82) is 0 Å². The van der Waals surface area contributed by atoms with E-state index in [2.05, 4.69) is 33.5 Å². The Kier molecular flexibility index (Phi) is 7.00. The highest BCUT2D eigenvalue weighted by Gasteiger charge is 2.32. The number of pyridine rings is 1. The SMILES string of the molecule is CCC[C@@H]1N=C(c2ccccn2)c2cc(Cl)ccc2-n2c(C3CCC3)cnc21.COC=O. The number of rotatable bonds is 5. The molecule has 1 aliphatic carbocycles. The summed E-state index contributed by atoms with van der Waals surface area (Å²) in [7, 11) is 1.31. The summed E-state index contributed by atoms with van der Waals surface area (Å²) in [5.41, 5.74) is 5.24. The van der Waals surface area contributed by atoms with Gasteiger partial charge in [-0.05, 0) is 49.6 Å². The Hall–Kier alpha value is -2.99. The van der Waals surface area contributed by atoms with Crippen molar-refractivity contribution in [2.75, 3.05) is 7.11 Å². The third kappa shape index (κ3) is 4.32. The fourth-order valence-electron chi connectivity index (χ4n) is 4.22. The van der Waals surface area contributed by atoms with E-state index in [0.29, 0.717) is 17.4 Å². The first kappa shape index (κ1) is 22.2. The molecule has 0 bridgehead atoms. The lowest BCUT2D eigenvalue weighted by Crippen LogP contribution is -2.16. The Morgan fingerprint density at radius 1 is 1.22 bits per heavy atom. The Bertz CT molecular complexity index is 1110. The molecule has 0 N–H and O–H groups in total. The van der Waals surface area contributed by atoms with Crippen LogP contribution >= 0.6 is 11.6 Å². The van der Waals surface area contributed by atoms with E-state index in [4.69, 9.17) is 26.4 Å². The van der Waals surface area contributed by atoms with E-state index in [1.807, 2.05) is 36.5 Å². The lowest BCUT2D eigenvalue weighted by atomic mass is 9.83. The number of nitrogens with zero attached hydrogens (tertiary/aromatic N) is 4. The molecule has 166 valence electrons. The van der Waals surface area contributed by atoms with Crippen LogP contribution in [0.4, 0.5) is 0 Å². The lowest BCUT2D eigenvalue weighted by Gasteiger charge is -2.27. The van der Waals surface area contributed by atoms with E-state index in [9.17, 15) is 0 Å². The maximum Gasteiger partial charge on any atom is 0.292 e.